The fourth-order valence-electron chi connectivity index (χ4n) is 1.91. The molecule has 2 rings (SSSR count). The highest BCUT2D eigenvalue weighted by Crippen LogP contribution is 2.23. The summed E-state index contributed by atoms with van der Waals surface area (Å²) in [6.45, 7) is 5.86. The second-order valence-electron chi connectivity index (χ2n) is 4.01. The number of aromatic nitrogens is 3. The predicted molar refractivity (Wildman–Crippen MR) is 65.6 cm³/mol. The van der Waals surface area contributed by atoms with E-state index in [9.17, 15) is 0 Å². The lowest BCUT2D eigenvalue weighted by Crippen LogP contribution is -2.31. The normalized spacial score (nSPS) is 15.0. The molecule has 0 spiro atoms. The fraction of sp³-hybridized carbons (Fsp3) is 0.455. The zero-order valence-corrected chi connectivity index (χ0v) is 10.5. The van der Waals surface area contributed by atoms with Gasteiger partial charge in [0.25, 0.3) is 0 Å². The van der Waals surface area contributed by atoms with Gasteiger partial charge in [-0.05, 0) is 43.2 Å². The largest absolute Gasteiger partial charge is 0.326 e. The van der Waals surface area contributed by atoms with E-state index in [-0.39, 0.29) is 12.1 Å². The van der Waals surface area contributed by atoms with Crippen molar-refractivity contribution in [1.82, 2.24) is 14.8 Å². The average molecular weight is 236 g/mol. The Morgan fingerprint density at radius 2 is 2.19 bits per heavy atom. The van der Waals surface area contributed by atoms with E-state index >= 15 is 0 Å². The summed E-state index contributed by atoms with van der Waals surface area (Å²) in [6.07, 6.45) is 0. The SMILES string of the molecule is Cc1nc(C)n(C(c2ccsc2)C(C)N)n1. The van der Waals surface area contributed by atoms with Gasteiger partial charge < -0.3 is 5.73 Å². The molecule has 0 bridgehead atoms. The van der Waals surface area contributed by atoms with Crippen LogP contribution in [-0.4, -0.2) is 20.8 Å². The highest BCUT2D eigenvalue weighted by atomic mass is 32.1. The molecule has 2 N–H and O–H groups in total. The van der Waals surface area contributed by atoms with E-state index in [1.54, 1.807) is 11.3 Å². The number of thiophene rings is 1. The van der Waals surface area contributed by atoms with Gasteiger partial charge in [-0.25, -0.2) is 9.67 Å². The van der Waals surface area contributed by atoms with Crippen LogP contribution in [0.15, 0.2) is 16.8 Å². The van der Waals surface area contributed by atoms with Crippen molar-refractivity contribution >= 4 is 11.3 Å². The minimum absolute atomic E-state index is 0.00870. The third-order valence-corrected chi connectivity index (χ3v) is 3.26. The molecule has 5 heteroatoms. The maximum absolute atomic E-state index is 6.05. The molecule has 2 unspecified atom stereocenters. The van der Waals surface area contributed by atoms with Gasteiger partial charge in [-0.1, -0.05) is 0 Å². The zero-order valence-electron chi connectivity index (χ0n) is 9.71. The lowest BCUT2D eigenvalue weighted by atomic mass is 10.0. The molecule has 0 amide bonds. The Labute approximate surface area is 99.1 Å². The van der Waals surface area contributed by atoms with Crippen molar-refractivity contribution in [3.8, 4) is 0 Å². The molecule has 0 radical (unpaired) electrons. The fourth-order valence-corrected chi connectivity index (χ4v) is 2.60. The van der Waals surface area contributed by atoms with E-state index in [2.05, 4.69) is 26.9 Å². The van der Waals surface area contributed by atoms with E-state index < -0.39 is 0 Å². The van der Waals surface area contributed by atoms with Gasteiger partial charge >= 0.3 is 0 Å². The molecule has 0 aliphatic rings. The highest BCUT2D eigenvalue weighted by molar-refractivity contribution is 7.07. The first-order valence-electron chi connectivity index (χ1n) is 5.27. The molecular weight excluding hydrogens is 220 g/mol. The van der Waals surface area contributed by atoms with E-state index in [1.165, 1.54) is 5.56 Å². The molecule has 2 aromatic heterocycles. The monoisotopic (exact) mass is 236 g/mol. The van der Waals surface area contributed by atoms with Gasteiger partial charge in [0.15, 0.2) is 0 Å². The highest BCUT2D eigenvalue weighted by Gasteiger charge is 2.21. The first-order valence-corrected chi connectivity index (χ1v) is 6.21. The maximum Gasteiger partial charge on any atom is 0.147 e. The van der Waals surface area contributed by atoms with Gasteiger partial charge in [-0.2, -0.15) is 16.4 Å². The maximum atomic E-state index is 6.05. The Morgan fingerprint density at radius 1 is 1.44 bits per heavy atom. The van der Waals surface area contributed by atoms with Gasteiger partial charge in [0.1, 0.15) is 11.6 Å². The smallest absolute Gasteiger partial charge is 0.147 e. The Kier molecular flexibility index (Phi) is 3.07. The molecule has 2 aromatic rings. The molecule has 0 fully saturated rings. The molecule has 86 valence electrons. The molecule has 0 aromatic carbocycles. The molecule has 2 atom stereocenters. The summed E-state index contributed by atoms with van der Waals surface area (Å²) in [4.78, 5) is 4.32. The number of hydrogen-bond acceptors (Lipinski definition) is 4. The van der Waals surface area contributed by atoms with Crippen molar-refractivity contribution in [1.29, 1.82) is 0 Å². The summed E-state index contributed by atoms with van der Waals surface area (Å²) in [5.41, 5.74) is 7.26. The number of nitrogens with two attached hydrogens (primary N) is 1. The Morgan fingerprint density at radius 3 is 2.62 bits per heavy atom. The minimum Gasteiger partial charge on any atom is -0.326 e. The second-order valence-corrected chi connectivity index (χ2v) is 4.79. The minimum atomic E-state index is 0.00870. The summed E-state index contributed by atoms with van der Waals surface area (Å²) >= 11 is 1.68. The van der Waals surface area contributed by atoms with Crippen molar-refractivity contribution < 1.29 is 0 Å². The molecule has 16 heavy (non-hydrogen) atoms. The van der Waals surface area contributed by atoms with Gasteiger partial charge in [0.2, 0.25) is 0 Å². The average Bonchev–Trinajstić information content (AvgIpc) is 2.78. The van der Waals surface area contributed by atoms with E-state index in [1.807, 2.05) is 25.5 Å². The van der Waals surface area contributed by atoms with Crippen LogP contribution in [0.25, 0.3) is 0 Å². The molecule has 0 aliphatic carbocycles. The summed E-state index contributed by atoms with van der Waals surface area (Å²) < 4.78 is 1.92. The third-order valence-electron chi connectivity index (χ3n) is 2.55. The molecule has 0 saturated carbocycles. The van der Waals surface area contributed by atoms with E-state index in [0.29, 0.717) is 0 Å². The van der Waals surface area contributed by atoms with Crippen molar-refractivity contribution in [2.45, 2.75) is 32.9 Å². The van der Waals surface area contributed by atoms with Crippen LogP contribution >= 0.6 is 11.3 Å². The summed E-state index contributed by atoms with van der Waals surface area (Å²) in [5.74, 6) is 1.70. The van der Waals surface area contributed by atoms with Gasteiger partial charge in [0.05, 0.1) is 6.04 Å². The molecule has 2 heterocycles. The van der Waals surface area contributed by atoms with Crippen LogP contribution in [0.4, 0.5) is 0 Å². The Balaban J connectivity index is 2.45. The Hall–Kier alpha value is -1.20. The van der Waals surface area contributed by atoms with Crippen LogP contribution in [0, 0.1) is 13.8 Å². The standard InChI is InChI=1S/C11H16N4S/c1-7(12)11(10-4-5-16-6-10)15-9(3)13-8(2)14-15/h4-7,11H,12H2,1-3H3. The number of aryl methyl sites for hydroxylation is 2. The first kappa shape index (κ1) is 11.3. The topological polar surface area (TPSA) is 56.7 Å². The van der Waals surface area contributed by atoms with Crippen LogP contribution in [0.3, 0.4) is 0 Å². The van der Waals surface area contributed by atoms with Crippen molar-refractivity contribution in [3.63, 3.8) is 0 Å². The number of nitrogens with zero attached hydrogens (tertiary/aromatic N) is 3. The van der Waals surface area contributed by atoms with Crippen LogP contribution in [0.5, 0.6) is 0 Å². The van der Waals surface area contributed by atoms with Crippen molar-refractivity contribution in [2.24, 2.45) is 5.73 Å². The van der Waals surface area contributed by atoms with Crippen LogP contribution < -0.4 is 5.73 Å². The first-order chi connectivity index (χ1) is 7.59. The molecule has 0 saturated heterocycles. The molecule has 4 nitrogen and oxygen atoms in total. The predicted octanol–water partition coefficient (Wildman–Crippen LogP) is 1.89. The van der Waals surface area contributed by atoms with Crippen LogP contribution in [0.1, 0.15) is 30.2 Å². The van der Waals surface area contributed by atoms with Crippen molar-refractivity contribution in [2.75, 3.05) is 0 Å². The van der Waals surface area contributed by atoms with Crippen LogP contribution in [-0.2, 0) is 0 Å². The molecular formula is C11H16N4S. The summed E-state index contributed by atoms with van der Waals surface area (Å²) in [7, 11) is 0. The van der Waals surface area contributed by atoms with E-state index in [0.717, 1.165) is 11.6 Å². The molecule has 0 aliphatic heterocycles. The number of hydrogen-bond donors (Lipinski definition) is 1. The van der Waals surface area contributed by atoms with Gasteiger partial charge in [0, 0.05) is 6.04 Å². The lowest BCUT2D eigenvalue weighted by molar-refractivity contribution is 0.443. The second kappa shape index (κ2) is 4.35. The summed E-state index contributed by atoms with van der Waals surface area (Å²) in [5, 5.41) is 8.59. The third kappa shape index (κ3) is 2.01. The Bertz CT molecular complexity index is 458. The van der Waals surface area contributed by atoms with Crippen molar-refractivity contribution in [3.05, 3.63) is 34.0 Å². The van der Waals surface area contributed by atoms with Gasteiger partial charge in [-0.3, -0.25) is 0 Å². The lowest BCUT2D eigenvalue weighted by Gasteiger charge is -2.21. The number of rotatable bonds is 3. The zero-order chi connectivity index (χ0) is 11.7. The van der Waals surface area contributed by atoms with E-state index in [4.69, 9.17) is 5.73 Å². The van der Waals surface area contributed by atoms with Crippen LogP contribution in [0.2, 0.25) is 0 Å². The van der Waals surface area contributed by atoms with Gasteiger partial charge in [-0.15, -0.1) is 0 Å². The quantitative estimate of drug-likeness (QED) is 0.885. The summed E-state index contributed by atoms with van der Waals surface area (Å²) in [6, 6.07) is 2.18.